The molecule has 0 aliphatic carbocycles. The van der Waals surface area contributed by atoms with Gasteiger partial charge in [-0.2, -0.15) is 10.1 Å². The Bertz CT molecular complexity index is 1390. The lowest BCUT2D eigenvalue weighted by Crippen LogP contribution is -2.30. The highest BCUT2D eigenvalue weighted by atomic mass is 79.9. The number of aliphatic hydroxyl groups excluding tert-OH is 1. The van der Waals surface area contributed by atoms with Crippen LogP contribution in [0.2, 0.25) is 0 Å². The van der Waals surface area contributed by atoms with Crippen molar-refractivity contribution in [2.45, 2.75) is 12.6 Å². The van der Waals surface area contributed by atoms with Crippen LogP contribution in [-0.2, 0) is 13.6 Å². The highest BCUT2D eigenvalue weighted by Crippen LogP contribution is 2.18. The van der Waals surface area contributed by atoms with Gasteiger partial charge in [-0.25, -0.2) is 10.2 Å². The summed E-state index contributed by atoms with van der Waals surface area (Å²) in [6, 6.07) is 16.6. The summed E-state index contributed by atoms with van der Waals surface area (Å²) in [6.45, 7) is -0.0325. The van der Waals surface area contributed by atoms with E-state index in [0.717, 1.165) is 10.0 Å². The van der Waals surface area contributed by atoms with E-state index >= 15 is 0 Å². The van der Waals surface area contributed by atoms with Crippen molar-refractivity contribution >= 4 is 39.3 Å². The zero-order chi connectivity index (χ0) is 23.4. The van der Waals surface area contributed by atoms with E-state index in [9.17, 15) is 14.7 Å². The van der Waals surface area contributed by atoms with Gasteiger partial charge in [0.15, 0.2) is 11.2 Å². The van der Waals surface area contributed by atoms with Crippen molar-refractivity contribution < 1.29 is 9.84 Å². The summed E-state index contributed by atoms with van der Waals surface area (Å²) in [5.41, 5.74) is 2.78. The first-order valence-electron chi connectivity index (χ1n) is 10.0. The number of rotatable bonds is 8. The second-order valence-electron chi connectivity index (χ2n) is 7.24. The number of hydrogen-bond acceptors (Lipinski definition) is 7. The van der Waals surface area contributed by atoms with Crippen molar-refractivity contribution in [1.29, 1.82) is 0 Å². The maximum atomic E-state index is 12.6. The van der Waals surface area contributed by atoms with Crippen LogP contribution in [-0.4, -0.2) is 43.1 Å². The second-order valence-corrected chi connectivity index (χ2v) is 8.15. The minimum absolute atomic E-state index is 0.0162. The Kier molecular flexibility index (Phi) is 6.71. The van der Waals surface area contributed by atoms with Crippen LogP contribution >= 0.6 is 15.9 Å². The average molecular weight is 513 g/mol. The first-order valence-corrected chi connectivity index (χ1v) is 10.8. The Morgan fingerprint density at radius 1 is 1.21 bits per heavy atom. The van der Waals surface area contributed by atoms with Gasteiger partial charge in [-0.1, -0.05) is 46.3 Å². The van der Waals surface area contributed by atoms with Gasteiger partial charge in [-0.15, -0.1) is 0 Å². The van der Waals surface area contributed by atoms with Gasteiger partial charge in [-0.05, 0) is 29.8 Å². The van der Waals surface area contributed by atoms with E-state index in [2.05, 4.69) is 36.4 Å². The molecule has 0 fully saturated rings. The topological polar surface area (TPSA) is 127 Å². The molecule has 2 aromatic heterocycles. The molecular formula is C22H21BrN6O4. The molecule has 3 N–H and O–H groups in total. The molecule has 4 aromatic rings. The van der Waals surface area contributed by atoms with Gasteiger partial charge in [0.05, 0.1) is 12.8 Å². The monoisotopic (exact) mass is 512 g/mol. The molecule has 33 heavy (non-hydrogen) atoms. The first kappa shape index (κ1) is 22.5. The highest BCUT2D eigenvalue weighted by molar-refractivity contribution is 9.10. The Morgan fingerprint density at radius 3 is 2.67 bits per heavy atom. The molecule has 1 unspecified atom stereocenters. The molecule has 0 bridgehead atoms. The molecule has 170 valence electrons. The maximum Gasteiger partial charge on any atom is 0.329 e. The van der Waals surface area contributed by atoms with Crippen molar-refractivity contribution in [3.63, 3.8) is 0 Å². The van der Waals surface area contributed by atoms with Gasteiger partial charge in [0.1, 0.15) is 18.5 Å². The molecule has 0 amide bonds. The predicted octanol–water partition coefficient (Wildman–Crippen LogP) is 2.07. The molecule has 10 nitrogen and oxygen atoms in total. The normalized spacial score (nSPS) is 12.3. The first-order chi connectivity index (χ1) is 15.9. The molecule has 4 rings (SSSR count). The quantitative estimate of drug-likeness (QED) is 0.245. The third-order valence-electron chi connectivity index (χ3n) is 4.83. The number of nitrogens with one attached hydrogen (secondary N) is 2. The van der Waals surface area contributed by atoms with E-state index < -0.39 is 17.4 Å². The summed E-state index contributed by atoms with van der Waals surface area (Å²) < 4.78 is 9.26. The number of aromatic amines is 1. The molecule has 0 saturated carbocycles. The summed E-state index contributed by atoms with van der Waals surface area (Å²) in [4.78, 5) is 31.2. The zero-order valence-electron chi connectivity index (χ0n) is 17.6. The van der Waals surface area contributed by atoms with Crippen LogP contribution in [0.25, 0.3) is 11.2 Å². The lowest BCUT2D eigenvalue weighted by atomic mass is 10.2. The number of ether oxygens (including phenoxy) is 1. The van der Waals surface area contributed by atoms with E-state index in [-0.39, 0.29) is 30.3 Å². The van der Waals surface area contributed by atoms with Gasteiger partial charge in [0.2, 0.25) is 5.95 Å². The Morgan fingerprint density at radius 2 is 1.94 bits per heavy atom. The SMILES string of the molecule is Cn1c(=O)[nH]c(=O)c2c1nc(N/N=C/c1ccccc1)n2CC(O)COc1ccc(Br)cc1. The molecule has 2 heterocycles. The molecular weight excluding hydrogens is 492 g/mol. The number of aliphatic hydroxyl groups is 1. The largest absolute Gasteiger partial charge is 0.491 e. The van der Waals surface area contributed by atoms with E-state index in [1.54, 1.807) is 18.3 Å². The number of H-pyrrole nitrogens is 1. The van der Waals surface area contributed by atoms with Crippen LogP contribution in [0, 0.1) is 0 Å². The van der Waals surface area contributed by atoms with Gasteiger partial charge in [-0.3, -0.25) is 14.3 Å². The van der Waals surface area contributed by atoms with Crippen molar-refractivity contribution in [3.05, 3.63) is 85.5 Å². The smallest absolute Gasteiger partial charge is 0.329 e. The second kappa shape index (κ2) is 9.84. The van der Waals surface area contributed by atoms with Crippen molar-refractivity contribution in [2.75, 3.05) is 12.0 Å². The Hall–Kier alpha value is -3.70. The zero-order valence-corrected chi connectivity index (χ0v) is 19.2. The number of imidazole rings is 1. The molecule has 2 aromatic carbocycles. The third kappa shape index (κ3) is 5.21. The predicted molar refractivity (Wildman–Crippen MR) is 129 cm³/mol. The number of hydrogen-bond donors (Lipinski definition) is 3. The standard InChI is InChI=1S/C22H21BrN6O4/c1-28-19-18(20(31)26-22(28)32)29(12-16(30)13-33-17-9-7-15(23)8-10-17)21(25-19)27-24-11-14-5-3-2-4-6-14/h2-11,16,30H,12-13H2,1H3,(H,25,27)(H,26,31,32)/b24-11+. The van der Waals surface area contributed by atoms with Crippen LogP contribution in [0.1, 0.15) is 5.56 Å². The van der Waals surface area contributed by atoms with E-state index in [0.29, 0.717) is 5.75 Å². The number of anilines is 1. The number of aromatic nitrogens is 4. The van der Waals surface area contributed by atoms with Crippen molar-refractivity contribution in [2.24, 2.45) is 12.1 Å². The average Bonchev–Trinajstić information content (AvgIpc) is 3.16. The Labute approximate surface area is 196 Å². The van der Waals surface area contributed by atoms with E-state index in [1.165, 1.54) is 16.2 Å². The van der Waals surface area contributed by atoms with Gasteiger partial charge in [0.25, 0.3) is 5.56 Å². The number of nitrogens with zero attached hydrogens (tertiary/aromatic N) is 4. The molecule has 0 aliphatic rings. The maximum absolute atomic E-state index is 12.6. The minimum Gasteiger partial charge on any atom is -0.491 e. The molecule has 0 aliphatic heterocycles. The molecule has 0 spiro atoms. The van der Waals surface area contributed by atoms with Crippen molar-refractivity contribution in [1.82, 2.24) is 19.1 Å². The van der Waals surface area contributed by atoms with Crippen molar-refractivity contribution in [3.8, 4) is 5.75 Å². The van der Waals surface area contributed by atoms with Gasteiger partial charge < -0.3 is 14.4 Å². The molecule has 0 radical (unpaired) electrons. The van der Waals surface area contributed by atoms with Gasteiger partial charge >= 0.3 is 5.69 Å². The fourth-order valence-corrected chi connectivity index (χ4v) is 3.45. The third-order valence-corrected chi connectivity index (χ3v) is 5.36. The highest BCUT2D eigenvalue weighted by Gasteiger charge is 2.20. The minimum atomic E-state index is -0.971. The fourth-order valence-electron chi connectivity index (χ4n) is 3.19. The summed E-state index contributed by atoms with van der Waals surface area (Å²) >= 11 is 3.36. The molecule has 11 heteroatoms. The van der Waals surface area contributed by atoms with Crippen LogP contribution in [0.4, 0.5) is 5.95 Å². The number of hydrazone groups is 1. The number of fused-ring (bicyclic) bond motifs is 1. The number of aryl methyl sites for hydroxylation is 1. The molecule has 1 atom stereocenters. The summed E-state index contributed by atoms with van der Waals surface area (Å²) in [5.74, 6) is 0.797. The van der Waals surface area contributed by atoms with E-state index in [4.69, 9.17) is 4.74 Å². The number of halogens is 1. The lowest BCUT2D eigenvalue weighted by Gasteiger charge is -2.15. The van der Waals surface area contributed by atoms with Gasteiger partial charge in [0, 0.05) is 11.5 Å². The molecule has 0 saturated heterocycles. The van der Waals surface area contributed by atoms with Crippen LogP contribution in [0.5, 0.6) is 5.75 Å². The summed E-state index contributed by atoms with van der Waals surface area (Å²) in [7, 11) is 1.50. The summed E-state index contributed by atoms with van der Waals surface area (Å²) in [5, 5.41) is 14.8. The van der Waals surface area contributed by atoms with Crippen LogP contribution in [0.3, 0.4) is 0 Å². The number of benzene rings is 2. The van der Waals surface area contributed by atoms with Crippen LogP contribution in [0.15, 0.2) is 73.8 Å². The summed E-state index contributed by atoms with van der Waals surface area (Å²) in [6.07, 6.45) is 0.626. The Balaban J connectivity index is 1.61. The lowest BCUT2D eigenvalue weighted by molar-refractivity contribution is 0.0938. The fraction of sp³-hybridized carbons (Fsp3) is 0.182. The van der Waals surface area contributed by atoms with Crippen LogP contribution < -0.4 is 21.4 Å². The van der Waals surface area contributed by atoms with E-state index in [1.807, 2.05) is 42.5 Å².